The first-order chi connectivity index (χ1) is 15.9. The lowest BCUT2D eigenvalue weighted by molar-refractivity contribution is -0.137. The molecule has 9 heteroatoms. The van der Waals surface area contributed by atoms with E-state index in [9.17, 15) is 14.0 Å². The van der Waals surface area contributed by atoms with Crippen molar-refractivity contribution in [2.75, 3.05) is 6.61 Å². The van der Waals surface area contributed by atoms with E-state index in [1.165, 1.54) is 11.2 Å². The van der Waals surface area contributed by atoms with Crippen LogP contribution in [-0.2, 0) is 11.3 Å². The summed E-state index contributed by atoms with van der Waals surface area (Å²) >= 11 is 0. The molecule has 2 heterocycles. The molecule has 2 aromatic heterocycles. The zero-order valence-corrected chi connectivity index (χ0v) is 18.7. The number of rotatable bonds is 12. The predicted octanol–water partition coefficient (Wildman–Crippen LogP) is 4.88. The number of carbonyl (C=O) groups excluding carboxylic acids is 1. The molecule has 2 N–H and O–H groups in total. The number of carboxylic acid groups (broad SMARTS) is 1. The molecule has 0 aliphatic rings. The summed E-state index contributed by atoms with van der Waals surface area (Å²) in [6.07, 6.45) is 3.64. The number of amides is 1. The van der Waals surface area contributed by atoms with Crippen molar-refractivity contribution < 1.29 is 28.2 Å². The lowest BCUT2D eigenvalue weighted by Crippen LogP contribution is -2.37. The number of unbranched alkanes of at least 4 members (excludes halogenated alkanes) is 2. The fraction of sp³-hybridized carbons (Fsp3) is 0.375. The molecule has 0 fully saturated rings. The lowest BCUT2D eigenvalue weighted by atomic mass is 10.1. The van der Waals surface area contributed by atoms with Gasteiger partial charge in [-0.05, 0) is 51.3 Å². The fourth-order valence-electron chi connectivity index (χ4n) is 3.38. The van der Waals surface area contributed by atoms with Crippen molar-refractivity contribution >= 4 is 11.9 Å². The first-order valence-corrected chi connectivity index (χ1v) is 10.9. The molecule has 1 amide bonds. The molecule has 0 saturated heterocycles. The van der Waals surface area contributed by atoms with Crippen LogP contribution in [0.2, 0.25) is 0 Å². The van der Waals surface area contributed by atoms with Crippen LogP contribution in [0.25, 0.3) is 11.5 Å². The van der Waals surface area contributed by atoms with Gasteiger partial charge in [0.25, 0.3) is 5.91 Å². The van der Waals surface area contributed by atoms with Crippen LogP contribution in [0.3, 0.4) is 0 Å². The molecule has 3 aromatic rings. The topological polar surface area (TPSA) is 109 Å². The zero-order valence-electron chi connectivity index (χ0n) is 18.7. The Morgan fingerprint density at radius 1 is 1.18 bits per heavy atom. The van der Waals surface area contributed by atoms with Crippen LogP contribution in [0.5, 0.6) is 5.75 Å². The average Bonchev–Trinajstić information content (AvgIpc) is 3.44. The smallest absolute Gasteiger partial charge is 0.303 e. The zero-order chi connectivity index (χ0) is 23.8. The molecule has 8 nitrogen and oxygen atoms in total. The average molecular weight is 458 g/mol. The van der Waals surface area contributed by atoms with Crippen LogP contribution in [0.4, 0.5) is 4.39 Å². The van der Waals surface area contributed by atoms with E-state index in [1.807, 2.05) is 38.1 Å². The number of halogens is 1. The number of H-pyrrole nitrogens is 1. The van der Waals surface area contributed by atoms with Gasteiger partial charge in [0.05, 0.1) is 12.9 Å². The van der Waals surface area contributed by atoms with Crippen molar-refractivity contribution in [2.45, 2.75) is 52.1 Å². The molecular formula is C24H28FN3O5. The summed E-state index contributed by atoms with van der Waals surface area (Å²) in [6, 6.07) is 10.4. The molecule has 176 valence electrons. The van der Waals surface area contributed by atoms with Gasteiger partial charge in [-0.2, -0.15) is 5.10 Å². The first-order valence-electron chi connectivity index (χ1n) is 10.9. The number of aromatic amines is 1. The van der Waals surface area contributed by atoms with Gasteiger partial charge in [-0.1, -0.05) is 18.2 Å². The fourth-order valence-corrected chi connectivity index (χ4v) is 3.38. The Hall–Kier alpha value is -3.62. The molecule has 0 aliphatic carbocycles. The van der Waals surface area contributed by atoms with E-state index in [4.69, 9.17) is 14.3 Å². The van der Waals surface area contributed by atoms with Gasteiger partial charge in [-0.25, -0.2) is 4.39 Å². The summed E-state index contributed by atoms with van der Waals surface area (Å²) in [4.78, 5) is 25.3. The number of nitrogens with one attached hydrogen (secondary N) is 1. The van der Waals surface area contributed by atoms with Gasteiger partial charge in [0, 0.05) is 24.6 Å². The number of carboxylic acids is 1. The minimum Gasteiger partial charge on any atom is -0.493 e. The summed E-state index contributed by atoms with van der Waals surface area (Å²) < 4.78 is 26.0. The Balaban J connectivity index is 1.69. The first kappa shape index (κ1) is 24.0. The van der Waals surface area contributed by atoms with Gasteiger partial charge in [0.15, 0.2) is 17.3 Å². The Labute approximate surface area is 191 Å². The molecule has 33 heavy (non-hydrogen) atoms. The second kappa shape index (κ2) is 11.3. The maximum absolute atomic E-state index is 14.9. The van der Waals surface area contributed by atoms with Crippen LogP contribution in [0, 0.1) is 5.82 Å². The summed E-state index contributed by atoms with van der Waals surface area (Å²) in [5.41, 5.74) is 0.512. The number of aliphatic carboxylic acids is 1. The number of carbonyl (C=O) groups is 2. The standard InChI is InChI=1S/C24H28FN3O5/c1-16(2)28(24(31)23-21(25)22(26-27-23)19-11-8-14-33-19)15-17-9-5-6-10-18(17)32-13-7-3-4-12-20(29)30/h5-6,8-11,14,16H,3-4,7,12-13,15H2,1-2H3,(H,26,27)(H,29,30). The molecule has 0 bridgehead atoms. The minimum atomic E-state index is -0.802. The molecule has 0 spiro atoms. The third kappa shape index (κ3) is 6.21. The SMILES string of the molecule is CC(C)N(Cc1ccccc1OCCCCCC(=O)O)C(=O)c1n[nH]c(-c2ccco2)c1F. The predicted molar refractivity (Wildman–Crippen MR) is 119 cm³/mol. The number of benzene rings is 1. The maximum Gasteiger partial charge on any atom is 0.303 e. The van der Waals surface area contributed by atoms with Gasteiger partial charge in [-0.15, -0.1) is 0 Å². The van der Waals surface area contributed by atoms with Gasteiger partial charge in [0.1, 0.15) is 11.4 Å². The minimum absolute atomic E-state index is 0.0266. The number of nitrogens with zero attached hydrogens (tertiary/aromatic N) is 2. The van der Waals surface area contributed by atoms with E-state index < -0.39 is 17.7 Å². The number of hydrogen-bond acceptors (Lipinski definition) is 5. The summed E-state index contributed by atoms with van der Waals surface area (Å²) in [5, 5.41) is 15.2. The Bertz CT molecular complexity index is 1060. The van der Waals surface area contributed by atoms with Crippen LogP contribution in [0.1, 0.15) is 55.6 Å². The van der Waals surface area contributed by atoms with Crippen molar-refractivity contribution in [3.05, 3.63) is 59.7 Å². The van der Waals surface area contributed by atoms with Crippen LogP contribution in [-0.4, -0.2) is 44.7 Å². The third-order valence-corrected chi connectivity index (χ3v) is 5.17. The van der Waals surface area contributed by atoms with Crippen molar-refractivity contribution in [3.63, 3.8) is 0 Å². The van der Waals surface area contributed by atoms with Crippen molar-refractivity contribution in [2.24, 2.45) is 0 Å². The van der Waals surface area contributed by atoms with Gasteiger partial charge in [-0.3, -0.25) is 14.7 Å². The second-order valence-corrected chi connectivity index (χ2v) is 7.93. The molecule has 3 rings (SSSR count). The Kier molecular flexibility index (Phi) is 8.23. The number of ether oxygens (including phenoxy) is 1. The lowest BCUT2D eigenvalue weighted by Gasteiger charge is -2.27. The number of aromatic nitrogens is 2. The molecule has 0 unspecified atom stereocenters. The Morgan fingerprint density at radius 3 is 2.67 bits per heavy atom. The molecular weight excluding hydrogens is 429 g/mol. The van der Waals surface area contributed by atoms with Crippen molar-refractivity contribution in [1.29, 1.82) is 0 Å². The van der Waals surface area contributed by atoms with Crippen LogP contribution >= 0.6 is 0 Å². The van der Waals surface area contributed by atoms with Gasteiger partial charge in [0.2, 0.25) is 0 Å². The highest BCUT2D eigenvalue weighted by Gasteiger charge is 2.28. The van der Waals surface area contributed by atoms with Gasteiger partial charge >= 0.3 is 5.97 Å². The largest absolute Gasteiger partial charge is 0.493 e. The Morgan fingerprint density at radius 2 is 1.97 bits per heavy atom. The summed E-state index contributed by atoms with van der Waals surface area (Å²) in [7, 11) is 0. The number of para-hydroxylation sites is 1. The summed E-state index contributed by atoms with van der Waals surface area (Å²) in [5.74, 6) is -1.21. The normalized spacial score (nSPS) is 11.0. The monoisotopic (exact) mass is 457 g/mol. The number of hydrogen-bond donors (Lipinski definition) is 2. The van der Waals surface area contributed by atoms with E-state index in [0.717, 1.165) is 18.4 Å². The highest BCUT2D eigenvalue weighted by Crippen LogP contribution is 2.26. The van der Waals surface area contributed by atoms with E-state index >= 15 is 0 Å². The molecule has 1 aromatic carbocycles. The molecule has 0 saturated carbocycles. The second-order valence-electron chi connectivity index (χ2n) is 7.93. The van der Waals surface area contributed by atoms with Crippen molar-refractivity contribution in [1.82, 2.24) is 15.1 Å². The van der Waals surface area contributed by atoms with E-state index in [2.05, 4.69) is 10.2 Å². The maximum atomic E-state index is 14.9. The number of furan rings is 1. The quantitative estimate of drug-likeness (QED) is 0.375. The highest BCUT2D eigenvalue weighted by molar-refractivity contribution is 5.93. The van der Waals surface area contributed by atoms with E-state index in [0.29, 0.717) is 18.8 Å². The molecule has 0 aliphatic heterocycles. The summed E-state index contributed by atoms with van der Waals surface area (Å²) in [6.45, 7) is 4.35. The van der Waals surface area contributed by atoms with E-state index in [1.54, 1.807) is 12.1 Å². The third-order valence-electron chi connectivity index (χ3n) is 5.17. The van der Waals surface area contributed by atoms with Gasteiger partial charge < -0.3 is 19.2 Å². The molecule has 0 atom stereocenters. The highest BCUT2D eigenvalue weighted by atomic mass is 19.1. The van der Waals surface area contributed by atoms with Crippen LogP contribution < -0.4 is 4.74 Å². The van der Waals surface area contributed by atoms with Crippen molar-refractivity contribution in [3.8, 4) is 17.2 Å². The van der Waals surface area contributed by atoms with Crippen LogP contribution in [0.15, 0.2) is 47.1 Å². The van der Waals surface area contributed by atoms with E-state index in [-0.39, 0.29) is 36.2 Å². The molecule has 0 radical (unpaired) electrons.